The molecule has 7 heteroatoms. The number of hydrogen-bond donors (Lipinski definition) is 2. The minimum absolute atomic E-state index is 0.0394. The first-order valence-electron chi connectivity index (χ1n) is 8.47. The van der Waals surface area contributed by atoms with Crippen molar-refractivity contribution in [3.05, 3.63) is 47.5 Å². The number of likely N-dealkylation sites (N-methyl/N-ethyl adjacent to an activating group) is 1. The number of hydrogen-bond acceptors (Lipinski definition) is 5. The number of quaternary nitrogens is 1. The normalized spacial score (nSPS) is 15.0. The molecule has 6 nitrogen and oxygen atoms in total. The van der Waals surface area contributed by atoms with Crippen LogP contribution in [0.25, 0.3) is 10.2 Å². The van der Waals surface area contributed by atoms with Crippen molar-refractivity contribution in [3.8, 4) is 11.5 Å². The van der Waals surface area contributed by atoms with Gasteiger partial charge in [-0.25, -0.2) is 4.98 Å². The first-order chi connectivity index (χ1) is 12.6. The summed E-state index contributed by atoms with van der Waals surface area (Å²) in [4.78, 5) is 18.3. The van der Waals surface area contributed by atoms with Crippen LogP contribution in [-0.2, 0) is 11.3 Å². The lowest BCUT2D eigenvalue weighted by Crippen LogP contribution is -3.12. The number of carbonyl (C=O) groups excluding carboxylic acids is 1. The molecule has 0 saturated carbocycles. The lowest BCUT2D eigenvalue weighted by molar-refractivity contribution is -0.907. The highest BCUT2D eigenvalue weighted by Gasteiger charge is 2.24. The highest BCUT2D eigenvalue weighted by Crippen LogP contribution is 2.34. The fourth-order valence-electron chi connectivity index (χ4n) is 2.84. The number of anilines is 1. The van der Waals surface area contributed by atoms with Gasteiger partial charge >= 0.3 is 0 Å². The van der Waals surface area contributed by atoms with E-state index in [1.54, 1.807) is 23.5 Å². The van der Waals surface area contributed by atoms with Crippen molar-refractivity contribution in [3.63, 3.8) is 0 Å². The van der Waals surface area contributed by atoms with Crippen LogP contribution in [0.3, 0.4) is 0 Å². The fourth-order valence-corrected chi connectivity index (χ4v) is 3.90. The molecule has 3 aromatic rings. The van der Waals surface area contributed by atoms with Gasteiger partial charge in [0.2, 0.25) is 6.79 Å². The number of para-hydroxylation sites is 1. The molecule has 0 saturated heterocycles. The summed E-state index contributed by atoms with van der Waals surface area (Å²) in [6.45, 7) is 2.85. The summed E-state index contributed by atoms with van der Waals surface area (Å²) < 4.78 is 11.8. The number of fused-ring (bicyclic) bond motifs is 2. The Hall–Kier alpha value is -2.64. The van der Waals surface area contributed by atoms with Gasteiger partial charge in [-0.2, -0.15) is 0 Å². The lowest BCUT2D eigenvalue weighted by Gasteiger charge is -2.20. The quantitative estimate of drug-likeness (QED) is 0.722. The minimum Gasteiger partial charge on any atom is -0.454 e. The van der Waals surface area contributed by atoms with E-state index in [9.17, 15) is 4.79 Å². The van der Waals surface area contributed by atoms with Gasteiger partial charge in [0.1, 0.15) is 11.6 Å². The van der Waals surface area contributed by atoms with Crippen molar-refractivity contribution in [1.29, 1.82) is 0 Å². The Morgan fingerprint density at radius 3 is 2.92 bits per heavy atom. The zero-order valence-corrected chi connectivity index (χ0v) is 15.4. The minimum atomic E-state index is -0.215. The fraction of sp³-hybridized carbons (Fsp3) is 0.263. The van der Waals surface area contributed by atoms with Crippen LogP contribution in [0.2, 0.25) is 0 Å². The number of aromatic nitrogens is 1. The van der Waals surface area contributed by atoms with Crippen LogP contribution in [0.1, 0.15) is 11.9 Å². The number of nitrogens with one attached hydrogen (secondary N) is 2. The van der Waals surface area contributed by atoms with Gasteiger partial charge in [0.15, 0.2) is 17.5 Å². The molecule has 4 rings (SSSR count). The molecule has 1 aliphatic heterocycles. The van der Waals surface area contributed by atoms with E-state index in [1.165, 1.54) is 4.70 Å². The maximum absolute atomic E-state index is 12.6. The van der Waals surface area contributed by atoms with Crippen molar-refractivity contribution in [1.82, 2.24) is 4.98 Å². The number of thiazole rings is 1. The smallest absolute Gasteiger partial charge is 0.282 e. The molecule has 1 aromatic heterocycles. The Labute approximate surface area is 155 Å². The van der Waals surface area contributed by atoms with E-state index in [-0.39, 0.29) is 18.7 Å². The van der Waals surface area contributed by atoms with Crippen molar-refractivity contribution >= 4 is 33.1 Å². The molecule has 26 heavy (non-hydrogen) atoms. The second-order valence-electron chi connectivity index (χ2n) is 6.38. The van der Waals surface area contributed by atoms with Crippen LogP contribution in [0.4, 0.5) is 5.69 Å². The number of amides is 1. The van der Waals surface area contributed by atoms with Crippen LogP contribution in [0.5, 0.6) is 11.5 Å². The summed E-state index contributed by atoms with van der Waals surface area (Å²) in [5, 5.41) is 3.99. The standard InChI is InChI=1S/C19H19N3O3S/c1-12(19(23)20-13-7-8-15-16(9-13)25-11-24-15)22(2)10-18-21-14-5-3-4-6-17(14)26-18/h3-9,12H,10-11H2,1-2H3,(H,20,23)/p+1/t12-/m1/s1. The number of rotatable bonds is 5. The van der Waals surface area contributed by atoms with E-state index in [1.807, 2.05) is 38.2 Å². The largest absolute Gasteiger partial charge is 0.454 e. The van der Waals surface area contributed by atoms with Gasteiger partial charge in [-0.3, -0.25) is 4.79 Å². The number of nitrogens with zero attached hydrogens (tertiary/aromatic N) is 1. The molecule has 1 unspecified atom stereocenters. The van der Waals surface area contributed by atoms with E-state index in [0.717, 1.165) is 15.4 Å². The average molecular weight is 370 g/mol. The lowest BCUT2D eigenvalue weighted by atomic mass is 10.2. The summed E-state index contributed by atoms with van der Waals surface area (Å²) in [6.07, 6.45) is 0. The van der Waals surface area contributed by atoms with Crippen LogP contribution in [0.15, 0.2) is 42.5 Å². The monoisotopic (exact) mass is 370 g/mol. The van der Waals surface area contributed by atoms with Gasteiger partial charge in [-0.05, 0) is 31.2 Å². The maximum Gasteiger partial charge on any atom is 0.282 e. The van der Waals surface area contributed by atoms with E-state index in [2.05, 4.69) is 16.4 Å². The molecule has 0 radical (unpaired) electrons. The predicted octanol–water partition coefficient (Wildman–Crippen LogP) is 2.07. The van der Waals surface area contributed by atoms with Gasteiger partial charge in [0.05, 0.1) is 17.3 Å². The SMILES string of the molecule is C[C@H](C(=O)Nc1ccc2c(c1)OCO2)[NH+](C)Cc1nc2ccccc2s1. The molecule has 0 spiro atoms. The van der Waals surface area contributed by atoms with Crippen molar-refractivity contribution < 1.29 is 19.2 Å². The van der Waals surface area contributed by atoms with E-state index < -0.39 is 0 Å². The Morgan fingerprint density at radius 1 is 1.27 bits per heavy atom. The second-order valence-corrected chi connectivity index (χ2v) is 7.49. The molecular weight excluding hydrogens is 350 g/mol. The third kappa shape index (κ3) is 3.36. The number of benzene rings is 2. The van der Waals surface area contributed by atoms with Gasteiger partial charge < -0.3 is 19.7 Å². The molecule has 0 fully saturated rings. The molecule has 134 valence electrons. The third-order valence-electron chi connectivity index (χ3n) is 4.54. The molecule has 2 aromatic carbocycles. The van der Waals surface area contributed by atoms with E-state index in [4.69, 9.17) is 9.47 Å². The Bertz CT molecular complexity index is 923. The highest BCUT2D eigenvalue weighted by molar-refractivity contribution is 7.18. The molecule has 2 heterocycles. The molecule has 0 bridgehead atoms. The molecule has 2 atom stereocenters. The first kappa shape index (κ1) is 16.8. The van der Waals surface area contributed by atoms with Gasteiger partial charge in [-0.1, -0.05) is 12.1 Å². The Morgan fingerprint density at radius 2 is 2.08 bits per heavy atom. The number of ether oxygens (including phenoxy) is 2. The van der Waals surface area contributed by atoms with Crippen LogP contribution in [-0.4, -0.2) is 30.8 Å². The van der Waals surface area contributed by atoms with Crippen LogP contribution in [0, 0.1) is 0 Å². The van der Waals surface area contributed by atoms with E-state index >= 15 is 0 Å². The van der Waals surface area contributed by atoms with Crippen LogP contribution >= 0.6 is 11.3 Å². The third-order valence-corrected chi connectivity index (χ3v) is 5.58. The van der Waals surface area contributed by atoms with Gasteiger partial charge in [0, 0.05) is 11.8 Å². The summed E-state index contributed by atoms with van der Waals surface area (Å²) in [5.74, 6) is 1.32. The summed E-state index contributed by atoms with van der Waals surface area (Å²) in [5.41, 5.74) is 1.72. The van der Waals surface area contributed by atoms with Crippen molar-refractivity contribution in [2.24, 2.45) is 0 Å². The van der Waals surface area contributed by atoms with Crippen LogP contribution < -0.4 is 19.7 Å². The Balaban J connectivity index is 1.40. The Kier molecular flexibility index (Phi) is 4.48. The molecule has 0 aliphatic carbocycles. The number of carbonyl (C=O) groups is 1. The molecular formula is C19H20N3O3S+. The average Bonchev–Trinajstić information content (AvgIpc) is 3.26. The zero-order valence-electron chi connectivity index (χ0n) is 14.6. The maximum atomic E-state index is 12.6. The second kappa shape index (κ2) is 6.93. The van der Waals surface area contributed by atoms with Crippen molar-refractivity contribution in [2.75, 3.05) is 19.2 Å². The summed E-state index contributed by atoms with van der Waals surface area (Å²) in [7, 11) is 2.01. The molecule has 1 amide bonds. The molecule has 1 aliphatic rings. The predicted molar refractivity (Wildman–Crippen MR) is 101 cm³/mol. The van der Waals surface area contributed by atoms with Crippen molar-refractivity contribution in [2.45, 2.75) is 19.5 Å². The van der Waals surface area contributed by atoms with E-state index in [0.29, 0.717) is 23.7 Å². The van der Waals surface area contributed by atoms with Gasteiger partial charge in [-0.15, -0.1) is 11.3 Å². The highest BCUT2D eigenvalue weighted by atomic mass is 32.1. The summed E-state index contributed by atoms with van der Waals surface area (Å²) in [6, 6.07) is 13.3. The summed E-state index contributed by atoms with van der Waals surface area (Å²) >= 11 is 1.68. The first-order valence-corrected chi connectivity index (χ1v) is 9.29. The van der Waals surface area contributed by atoms with Gasteiger partial charge in [0.25, 0.3) is 5.91 Å². The molecule has 2 N–H and O–H groups in total. The topological polar surface area (TPSA) is 64.9 Å². The zero-order chi connectivity index (χ0) is 18.1.